The second-order valence-electron chi connectivity index (χ2n) is 7.30. The van der Waals surface area contributed by atoms with Crippen LogP contribution in [0, 0.1) is 0 Å². The number of halogens is 1. The Kier molecular flexibility index (Phi) is 5.28. The molecule has 2 aromatic carbocycles. The maximum Gasteiger partial charge on any atom is 0.127 e. The van der Waals surface area contributed by atoms with Crippen molar-refractivity contribution in [3.8, 4) is 0 Å². The van der Waals surface area contributed by atoms with E-state index in [9.17, 15) is 0 Å². The Labute approximate surface area is 160 Å². The van der Waals surface area contributed by atoms with Gasteiger partial charge in [-0.2, -0.15) is 0 Å². The molecule has 0 aliphatic carbocycles. The van der Waals surface area contributed by atoms with Crippen LogP contribution >= 0.6 is 11.6 Å². The molecular formula is C22H26ClN3. The van der Waals surface area contributed by atoms with E-state index in [2.05, 4.69) is 52.8 Å². The predicted octanol–water partition coefficient (Wildman–Crippen LogP) is 5.68. The molecule has 2 heterocycles. The van der Waals surface area contributed by atoms with E-state index in [1.54, 1.807) is 0 Å². The van der Waals surface area contributed by atoms with Gasteiger partial charge in [0.25, 0.3) is 0 Å². The highest BCUT2D eigenvalue weighted by Crippen LogP contribution is 2.28. The molecule has 4 heteroatoms. The molecule has 3 nitrogen and oxygen atoms in total. The number of hydrogen-bond acceptors (Lipinski definition) is 2. The quantitative estimate of drug-likeness (QED) is 0.591. The minimum absolute atomic E-state index is 0.319. The number of hydrogen-bond donors (Lipinski definition) is 0. The lowest BCUT2D eigenvalue weighted by atomic mass is 10.2. The third-order valence-corrected chi connectivity index (χ3v) is 5.71. The van der Waals surface area contributed by atoms with E-state index >= 15 is 0 Å². The van der Waals surface area contributed by atoms with E-state index in [1.165, 1.54) is 49.9 Å². The number of fused-ring (bicyclic) bond motifs is 1. The Bertz CT molecular complexity index is 878. The SMILES string of the molecule is CC(c1nc2ccccc2n1Cc1cccc(Cl)c1)N1CCCCCC1. The first kappa shape index (κ1) is 17.6. The molecule has 0 N–H and O–H groups in total. The maximum absolute atomic E-state index is 6.21. The molecule has 0 spiro atoms. The molecule has 0 radical (unpaired) electrons. The predicted molar refractivity (Wildman–Crippen MR) is 109 cm³/mol. The number of benzene rings is 2. The largest absolute Gasteiger partial charge is 0.322 e. The van der Waals surface area contributed by atoms with Crippen molar-refractivity contribution in [2.45, 2.75) is 45.2 Å². The molecule has 1 aliphatic heterocycles. The smallest absolute Gasteiger partial charge is 0.127 e. The summed E-state index contributed by atoms with van der Waals surface area (Å²) in [5.41, 5.74) is 3.49. The van der Waals surface area contributed by atoms with E-state index in [4.69, 9.17) is 16.6 Å². The van der Waals surface area contributed by atoms with Crippen molar-refractivity contribution in [2.24, 2.45) is 0 Å². The highest BCUT2D eigenvalue weighted by Gasteiger charge is 2.23. The van der Waals surface area contributed by atoms with E-state index in [1.807, 2.05) is 12.1 Å². The minimum Gasteiger partial charge on any atom is -0.322 e. The third kappa shape index (κ3) is 3.65. The van der Waals surface area contributed by atoms with E-state index < -0.39 is 0 Å². The van der Waals surface area contributed by atoms with Gasteiger partial charge in [0.1, 0.15) is 5.82 Å². The average Bonchev–Trinajstić information content (AvgIpc) is 2.82. The summed E-state index contributed by atoms with van der Waals surface area (Å²) in [6.07, 6.45) is 5.28. The van der Waals surface area contributed by atoms with Gasteiger partial charge in [0.2, 0.25) is 0 Å². The van der Waals surface area contributed by atoms with Crippen LogP contribution in [0.4, 0.5) is 0 Å². The van der Waals surface area contributed by atoms with E-state index in [0.29, 0.717) is 6.04 Å². The van der Waals surface area contributed by atoms with Crippen LogP contribution in [-0.4, -0.2) is 27.5 Å². The topological polar surface area (TPSA) is 21.1 Å². The summed E-state index contributed by atoms with van der Waals surface area (Å²) < 4.78 is 2.37. The number of imidazole rings is 1. The average molecular weight is 368 g/mol. The minimum atomic E-state index is 0.319. The maximum atomic E-state index is 6.21. The Hall–Kier alpha value is -1.84. The molecule has 1 saturated heterocycles. The van der Waals surface area contributed by atoms with Crippen LogP contribution in [0.15, 0.2) is 48.5 Å². The molecule has 1 fully saturated rings. The summed E-state index contributed by atoms with van der Waals surface area (Å²) in [6, 6.07) is 16.9. The van der Waals surface area contributed by atoms with Crippen molar-refractivity contribution in [3.05, 3.63) is 64.9 Å². The highest BCUT2D eigenvalue weighted by atomic mass is 35.5. The van der Waals surface area contributed by atoms with Crippen molar-refractivity contribution >= 4 is 22.6 Å². The third-order valence-electron chi connectivity index (χ3n) is 5.48. The molecule has 4 rings (SSSR count). The van der Waals surface area contributed by atoms with Gasteiger partial charge in [-0.05, 0) is 62.7 Å². The van der Waals surface area contributed by atoms with Gasteiger partial charge >= 0.3 is 0 Å². The van der Waals surface area contributed by atoms with Crippen molar-refractivity contribution in [1.29, 1.82) is 0 Å². The fraction of sp³-hybridized carbons (Fsp3) is 0.409. The standard InChI is InChI=1S/C22H26ClN3/c1-17(25-13-6-2-3-7-14-25)22-24-20-11-4-5-12-21(20)26(22)16-18-9-8-10-19(23)15-18/h4-5,8-12,15,17H,2-3,6-7,13-14,16H2,1H3. The molecule has 0 amide bonds. The molecule has 0 saturated carbocycles. The van der Waals surface area contributed by atoms with Crippen LogP contribution in [0.2, 0.25) is 5.02 Å². The summed E-state index contributed by atoms with van der Waals surface area (Å²) in [7, 11) is 0. The number of aromatic nitrogens is 2. The Balaban J connectivity index is 1.73. The van der Waals surface area contributed by atoms with Gasteiger partial charge < -0.3 is 4.57 Å². The monoisotopic (exact) mass is 367 g/mol. The van der Waals surface area contributed by atoms with Crippen LogP contribution in [0.25, 0.3) is 11.0 Å². The normalized spacial score (nSPS) is 17.3. The van der Waals surface area contributed by atoms with Crippen LogP contribution in [-0.2, 0) is 6.54 Å². The Morgan fingerprint density at radius 3 is 2.54 bits per heavy atom. The first-order valence-corrected chi connectivity index (χ1v) is 10.0. The van der Waals surface area contributed by atoms with Gasteiger partial charge in [-0.25, -0.2) is 4.98 Å². The Morgan fingerprint density at radius 2 is 1.77 bits per heavy atom. The molecular weight excluding hydrogens is 342 g/mol. The van der Waals surface area contributed by atoms with Gasteiger partial charge in [0.15, 0.2) is 0 Å². The first-order chi connectivity index (χ1) is 12.7. The fourth-order valence-electron chi connectivity index (χ4n) is 4.04. The van der Waals surface area contributed by atoms with Crippen molar-refractivity contribution in [2.75, 3.05) is 13.1 Å². The van der Waals surface area contributed by atoms with Gasteiger partial charge in [-0.3, -0.25) is 4.90 Å². The van der Waals surface area contributed by atoms with Gasteiger partial charge in [-0.1, -0.05) is 48.7 Å². The zero-order chi connectivity index (χ0) is 17.9. The van der Waals surface area contributed by atoms with Crippen LogP contribution in [0.1, 0.15) is 50.0 Å². The van der Waals surface area contributed by atoms with Gasteiger partial charge in [-0.15, -0.1) is 0 Å². The molecule has 26 heavy (non-hydrogen) atoms. The number of likely N-dealkylation sites (tertiary alicyclic amines) is 1. The van der Waals surface area contributed by atoms with E-state index in [0.717, 1.165) is 22.9 Å². The summed E-state index contributed by atoms with van der Waals surface area (Å²) >= 11 is 6.21. The van der Waals surface area contributed by atoms with Crippen LogP contribution < -0.4 is 0 Å². The van der Waals surface area contributed by atoms with Crippen molar-refractivity contribution in [3.63, 3.8) is 0 Å². The van der Waals surface area contributed by atoms with Crippen LogP contribution in [0.3, 0.4) is 0 Å². The van der Waals surface area contributed by atoms with Crippen molar-refractivity contribution < 1.29 is 0 Å². The molecule has 1 aromatic heterocycles. The second-order valence-corrected chi connectivity index (χ2v) is 7.74. The zero-order valence-corrected chi connectivity index (χ0v) is 16.1. The number of nitrogens with zero attached hydrogens (tertiary/aromatic N) is 3. The summed E-state index contributed by atoms with van der Waals surface area (Å²) in [5, 5.41) is 0.786. The lowest BCUT2D eigenvalue weighted by Crippen LogP contribution is -2.30. The highest BCUT2D eigenvalue weighted by molar-refractivity contribution is 6.30. The lowest BCUT2D eigenvalue weighted by Gasteiger charge is -2.27. The zero-order valence-electron chi connectivity index (χ0n) is 15.4. The molecule has 0 bridgehead atoms. The summed E-state index contributed by atoms with van der Waals surface area (Å²) in [6.45, 7) is 5.44. The summed E-state index contributed by atoms with van der Waals surface area (Å²) in [5.74, 6) is 1.16. The molecule has 136 valence electrons. The number of para-hydroxylation sites is 2. The van der Waals surface area contributed by atoms with Gasteiger partial charge in [0, 0.05) is 11.6 Å². The van der Waals surface area contributed by atoms with Crippen LogP contribution in [0.5, 0.6) is 0 Å². The Morgan fingerprint density at radius 1 is 1.00 bits per heavy atom. The fourth-order valence-corrected chi connectivity index (χ4v) is 4.26. The molecule has 1 unspecified atom stereocenters. The van der Waals surface area contributed by atoms with Crippen molar-refractivity contribution in [1.82, 2.24) is 14.5 Å². The van der Waals surface area contributed by atoms with Gasteiger partial charge in [0.05, 0.1) is 17.1 Å². The lowest BCUT2D eigenvalue weighted by molar-refractivity contribution is 0.208. The first-order valence-electron chi connectivity index (χ1n) is 9.66. The number of rotatable bonds is 4. The molecule has 1 aliphatic rings. The molecule has 3 aromatic rings. The summed E-state index contributed by atoms with van der Waals surface area (Å²) in [4.78, 5) is 7.63. The van der Waals surface area contributed by atoms with E-state index in [-0.39, 0.29) is 0 Å². The second kappa shape index (κ2) is 7.81. The molecule has 1 atom stereocenters.